The first kappa shape index (κ1) is 14.2. The molecule has 0 amide bonds. The first-order valence-corrected chi connectivity index (χ1v) is 6.38. The Bertz CT molecular complexity index is 347. The molecule has 0 radical (unpaired) electrons. The van der Waals surface area contributed by atoms with Gasteiger partial charge in [-0.25, -0.2) is 0 Å². The number of aliphatic hydroxyl groups excluding tert-OH is 1. The van der Waals surface area contributed by atoms with E-state index < -0.39 is 0 Å². The van der Waals surface area contributed by atoms with Gasteiger partial charge in [0, 0.05) is 25.0 Å². The second-order valence-electron chi connectivity index (χ2n) is 4.31. The first-order valence-electron chi connectivity index (χ1n) is 6.38. The van der Waals surface area contributed by atoms with E-state index in [-0.39, 0.29) is 6.61 Å². The lowest BCUT2D eigenvalue weighted by molar-refractivity contribution is 0.178. The maximum atomic E-state index is 9.45. The zero-order valence-electron chi connectivity index (χ0n) is 11.4. The molecule has 1 heterocycles. The van der Waals surface area contributed by atoms with Gasteiger partial charge in [-0.3, -0.25) is 4.68 Å². The molecular weight excluding hydrogens is 216 g/mol. The summed E-state index contributed by atoms with van der Waals surface area (Å²) < 4.78 is 7.17. The molecule has 0 aliphatic carbocycles. The van der Waals surface area contributed by atoms with Gasteiger partial charge in [0.2, 0.25) is 0 Å². The van der Waals surface area contributed by atoms with Gasteiger partial charge in [0.1, 0.15) is 0 Å². The second kappa shape index (κ2) is 6.77. The van der Waals surface area contributed by atoms with E-state index in [0.29, 0.717) is 6.04 Å². The predicted octanol–water partition coefficient (Wildman–Crippen LogP) is 2.10. The molecule has 0 saturated carbocycles. The zero-order valence-corrected chi connectivity index (χ0v) is 11.4. The van der Waals surface area contributed by atoms with Crippen LogP contribution in [0, 0.1) is 0 Å². The lowest BCUT2D eigenvalue weighted by Crippen LogP contribution is -2.13. The molecule has 0 fully saturated rings. The highest BCUT2D eigenvalue weighted by molar-refractivity contribution is 5.26. The molecular formula is C13H24N2O2. The lowest BCUT2D eigenvalue weighted by Gasteiger charge is -2.15. The van der Waals surface area contributed by atoms with Crippen molar-refractivity contribution in [3.05, 3.63) is 17.0 Å². The van der Waals surface area contributed by atoms with E-state index in [2.05, 4.69) is 30.6 Å². The summed E-state index contributed by atoms with van der Waals surface area (Å²) in [5.41, 5.74) is 3.20. The van der Waals surface area contributed by atoms with Gasteiger partial charge in [0.05, 0.1) is 18.3 Å². The molecule has 1 aromatic rings. The molecule has 0 saturated heterocycles. The fourth-order valence-electron chi connectivity index (χ4n) is 2.17. The van der Waals surface area contributed by atoms with E-state index in [4.69, 9.17) is 4.74 Å². The molecule has 4 nitrogen and oxygen atoms in total. The molecule has 0 spiro atoms. The minimum Gasteiger partial charge on any atom is -0.392 e. The highest BCUT2D eigenvalue weighted by Crippen LogP contribution is 2.21. The van der Waals surface area contributed by atoms with E-state index in [9.17, 15) is 5.11 Å². The summed E-state index contributed by atoms with van der Waals surface area (Å²) in [6.07, 6.45) is 2.71. The Kier molecular flexibility index (Phi) is 5.65. The minimum absolute atomic E-state index is 0.0867. The Morgan fingerprint density at radius 1 is 1.35 bits per heavy atom. The quantitative estimate of drug-likeness (QED) is 0.794. The summed E-state index contributed by atoms with van der Waals surface area (Å²) >= 11 is 0. The van der Waals surface area contributed by atoms with Crippen LogP contribution in [0.25, 0.3) is 0 Å². The number of hydrogen-bond donors (Lipinski definition) is 1. The topological polar surface area (TPSA) is 47.3 Å². The van der Waals surface area contributed by atoms with Crippen molar-refractivity contribution in [3.8, 4) is 0 Å². The van der Waals surface area contributed by atoms with Crippen LogP contribution in [0.4, 0.5) is 0 Å². The molecule has 4 heteroatoms. The number of aliphatic hydroxyl groups is 1. The molecule has 0 bridgehead atoms. The maximum Gasteiger partial charge on any atom is 0.0718 e. The number of ether oxygens (including phenoxy) is 1. The van der Waals surface area contributed by atoms with Crippen molar-refractivity contribution in [2.24, 2.45) is 0 Å². The van der Waals surface area contributed by atoms with Crippen molar-refractivity contribution in [1.82, 2.24) is 9.78 Å². The maximum absolute atomic E-state index is 9.45. The fourth-order valence-corrected chi connectivity index (χ4v) is 2.17. The Morgan fingerprint density at radius 3 is 2.53 bits per heavy atom. The normalized spacial score (nSPS) is 13.0. The average Bonchev–Trinajstić information content (AvgIpc) is 2.73. The van der Waals surface area contributed by atoms with Crippen LogP contribution in [0.1, 0.15) is 50.2 Å². The Morgan fingerprint density at radius 2 is 2.06 bits per heavy atom. The number of hydrogen-bond acceptors (Lipinski definition) is 3. The van der Waals surface area contributed by atoms with Crippen LogP contribution in [-0.4, -0.2) is 28.6 Å². The lowest BCUT2D eigenvalue weighted by atomic mass is 10.1. The summed E-state index contributed by atoms with van der Waals surface area (Å²) in [7, 11) is 1.72. The Hall–Kier alpha value is -0.870. The van der Waals surface area contributed by atoms with Crippen LogP contribution >= 0.6 is 0 Å². The van der Waals surface area contributed by atoms with E-state index >= 15 is 0 Å². The number of rotatable bonds is 7. The molecule has 1 unspecified atom stereocenters. The van der Waals surface area contributed by atoms with Crippen molar-refractivity contribution >= 4 is 0 Å². The van der Waals surface area contributed by atoms with Crippen molar-refractivity contribution in [3.63, 3.8) is 0 Å². The van der Waals surface area contributed by atoms with Crippen molar-refractivity contribution in [2.75, 3.05) is 13.7 Å². The fraction of sp³-hybridized carbons (Fsp3) is 0.769. The molecule has 98 valence electrons. The summed E-state index contributed by atoms with van der Waals surface area (Å²) in [6.45, 7) is 7.15. The monoisotopic (exact) mass is 240 g/mol. The van der Waals surface area contributed by atoms with Gasteiger partial charge in [-0.05, 0) is 26.2 Å². The summed E-state index contributed by atoms with van der Waals surface area (Å²) in [5.74, 6) is 0. The average molecular weight is 240 g/mol. The van der Waals surface area contributed by atoms with Crippen LogP contribution in [0.5, 0.6) is 0 Å². The van der Waals surface area contributed by atoms with Gasteiger partial charge < -0.3 is 9.84 Å². The van der Waals surface area contributed by atoms with Gasteiger partial charge in [-0.2, -0.15) is 5.10 Å². The highest BCUT2D eigenvalue weighted by atomic mass is 16.5. The predicted molar refractivity (Wildman–Crippen MR) is 68.1 cm³/mol. The molecule has 1 aromatic heterocycles. The van der Waals surface area contributed by atoms with E-state index in [1.165, 1.54) is 0 Å². The van der Waals surface area contributed by atoms with Crippen LogP contribution < -0.4 is 0 Å². The Balaban J connectivity index is 3.01. The molecule has 1 atom stereocenters. The number of nitrogens with zero attached hydrogens (tertiary/aromatic N) is 2. The van der Waals surface area contributed by atoms with Gasteiger partial charge in [-0.1, -0.05) is 13.8 Å². The standard InChI is InChI=1S/C13H24N2O2/c1-5-12-11(9-16)13(6-2)15(14-12)10(3)7-8-17-4/h10,16H,5-9H2,1-4H3. The van der Waals surface area contributed by atoms with Crippen molar-refractivity contribution < 1.29 is 9.84 Å². The zero-order chi connectivity index (χ0) is 12.8. The van der Waals surface area contributed by atoms with Crippen LogP contribution in [0.15, 0.2) is 0 Å². The molecule has 17 heavy (non-hydrogen) atoms. The molecule has 1 N–H and O–H groups in total. The smallest absolute Gasteiger partial charge is 0.0718 e. The third-order valence-corrected chi connectivity index (χ3v) is 3.19. The van der Waals surface area contributed by atoms with E-state index in [1.54, 1.807) is 7.11 Å². The largest absolute Gasteiger partial charge is 0.392 e. The molecule has 0 aromatic carbocycles. The van der Waals surface area contributed by atoms with Crippen LogP contribution in [0.2, 0.25) is 0 Å². The van der Waals surface area contributed by atoms with Crippen molar-refractivity contribution in [2.45, 2.75) is 52.7 Å². The third-order valence-electron chi connectivity index (χ3n) is 3.19. The van der Waals surface area contributed by atoms with Crippen LogP contribution in [-0.2, 0) is 24.2 Å². The number of aromatic nitrogens is 2. The number of aryl methyl sites for hydroxylation is 1. The SMILES string of the molecule is CCc1nn(C(C)CCOC)c(CC)c1CO. The summed E-state index contributed by atoms with van der Waals surface area (Å²) in [6, 6.07) is 0.315. The van der Waals surface area contributed by atoms with Gasteiger partial charge in [0.25, 0.3) is 0 Å². The molecule has 1 rings (SSSR count). The summed E-state index contributed by atoms with van der Waals surface area (Å²) in [5, 5.41) is 14.1. The first-order chi connectivity index (χ1) is 8.19. The Labute approximate surface area is 104 Å². The third kappa shape index (κ3) is 3.07. The number of methoxy groups -OCH3 is 1. The van der Waals surface area contributed by atoms with E-state index in [1.807, 2.05) is 0 Å². The van der Waals surface area contributed by atoms with Gasteiger partial charge in [0.15, 0.2) is 0 Å². The van der Waals surface area contributed by atoms with Crippen molar-refractivity contribution in [1.29, 1.82) is 0 Å². The molecule has 0 aliphatic heterocycles. The molecule has 0 aliphatic rings. The highest BCUT2D eigenvalue weighted by Gasteiger charge is 2.17. The van der Waals surface area contributed by atoms with E-state index in [0.717, 1.165) is 42.8 Å². The van der Waals surface area contributed by atoms with Crippen LogP contribution in [0.3, 0.4) is 0 Å². The minimum atomic E-state index is 0.0867. The summed E-state index contributed by atoms with van der Waals surface area (Å²) in [4.78, 5) is 0. The van der Waals surface area contributed by atoms with Gasteiger partial charge >= 0.3 is 0 Å². The second-order valence-corrected chi connectivity index (χ2v) is 4.31. The van der Waals surface area contributed by atoms with Gasteiger partial charge in [-0.15, -0.1) is 0 Å².